The Morgan fingerprint density at radius 3 is 2.30 bits per heavy atom. The van der Waals surface area contributed by atoms with Gasteiger partial charge in [-0.25, -0.2) is 5.01 Å². The minimum absolute atomic E-state index is 0.131. The molecule has 3 rings (SSSR count). The fourth-order valence-corrected chi connectivity index (χ4v) is 2.74. The normalized spacial score (nSPS) is 22.4. The number of carbonyl (C=O) groups excluding carboxylic acids is 1. The second-order valence-electron chi connectivity index (χ2n) is 5.94. The largest absolute Gasteiger partial charge is 0.399 e. The van der Waals surface area contributed by atoms with Crippen LogP contribution in [0.15, 0.2) is 24.3 Å². The number of rotatable bonds is 3. The lowest BCUT2D eigenvalue weighted by Gasteiger charge is -2.33. The molecule has 5 heteroatoms. The van der Waals surface area contributed by atoms with Gasteiger partial charge in [0.25, 0.3) is 0 Å². The summed E-state index contributed by atoms with van der Waals surface area (Å²) in [6, 6.07) is 7.70. The Bertz CT molecular complexity index is 487. The van der Waals surface area contributed by atoms with E-state index in [-0.39, 0.29) is 11.3 Å². The second-order valence-corrected chi connectivity index (χ2v) is 5.94. The highest BCUT2D eigenvalue weighted by Gasteiger charge is 2.51. The fourth-order valence-electron chi connectivity index (χ4n) is 2.74. The molecule has 0 bridgehead atoms. The molecule has 1 heterocycles. The van der Waals surface area contributed by atoms with E-state index < -0.39 is 0 Å². The summed E-state index contributed by atoms with van der Waals surface area (Å²) in [4.78, 5) is 14.8. The topological polar surface area (TPSA) is 61.6 Å². The van der Waals surface area contributed by atoms with E-state index in [4.69, 9.17) is 5.73 Å². The van der Waals surface area contributed by atoms with E-state index in [0.29, 0.717) is 0 Å². The van der Waals surface area contributed by atoms with Crippen LogP contribution in [0.2, 0.25) is 0 Å². The van der Waals surface area contributed by atoms with E-state index in [1.54, 1.807) is 0 Å². The smallest absolute Gasteiger partial charge is 0.244 e. The molecule has 1 amide bonds. The molecule has 0 spiro atoms. The van der Waals surface area contributed by atoms with Crippen LogP contribution in [0.4, 0.5) is 5.69 Å². The number of hydrazine groups is 1. The van der Waals surface area contributed by atoms with Crippen molar-refractivity contribution in [3.63, 3.8) is 0 Å². The van der Waals surface area contributed by atoms with Gasteiger partial charge in [-0.2, -0.15) is 0 Å². The van der Waals surface area contributed by atoms with Crippen LogP contribution in [-0.4, -0.2) is 49.0 Å². The van der Waals surface area contributed by atoms with E-state index in [9.17, 15) is 4.79 Å². The second kappa shape index (κ2) is 5.07. The summed E-state index contributed by atoms with van der Waals surface area (Å²) in [5.41, 5.74) is 10.3. The third kappa shape index (κ3) is 2.51. The average molecular weight is 274 g/mol. The number of nitrogens with zero attached hydrogens (tertiary/aromatic N) is 2. The maximum atomic E-state index is 12.6. The molecule has 0 radical (unpaired) electrons. The summed E-state index contributed by atoms with van der Waals surface area (Å²) >= 11 is 0. The van der Waals surface area contributed by atoms with Gasteiger partial charge in [0, 0.05) is 31.9 Å². The van der Waals surface area contributed by atoms with Crippen molar-refractivity contribution in [2.45, 2.75) is 18.3 Å². The fraction of sp³-hybridized carbons (Fsp3) is 0.533. The summed E-state index contributed by atoms with van der Waals surface area (Å²) in [5.74, 6) is 0.131. The van der Waals surface area contributed by atoms with Crippen molar-refractivity contribution in [1.82, 2.24) is 15.3 Å². The predicted octanol–water partition coefficient (Wildman–Crippen LogP) is 0.579. The number of nitrogens with one attached hydrogen (secondary N) is 1. The molecule has 1 aliphatic heterocycles. The van der Waals surface area contributed by atoms with E-state index in [1.807, 2.05) is 29.3 Å². The Morgan fingerprint density at radius 1 is 1.15 bits per heavy atom. The lowest BCUT2D eigenvalue weighted by Crippen LogP contribution is -2.54. The van der Waals surface area contributed by atoms with Crippen molar-refractivity contribution in [3.8, 4) is 0 Å². The van der Waals surface area contributed by atoms with Crippen molar-refractivity contribution >= 4 is 11.6 Å². The number of nitrogens with two attached hydrogens (primary N) is 1. The van der Waals surface area contributed by atoms with Gasteiger partial charge in [-0.3, -0.25) is 10.2 Å². The van der Waals surface area contributed by atoms with Gasteiger partial charge >= 0.3 is 0 Å². The SMILES string of the molecule is CN1CCN(NC(=O)C2(c3ccc(N)cc3)CC2)CC1. The first-order valence-corrected chi connectivity index (χ1v) is 7.21. The Hall–Kier alpha value is -1.59. The molecule has 1 aromatic rings. The zero-order valence-corrected chi connectivity index (χ0v) is 11.9. The van der Waals surface area contributed by atoms with Gasteiger partial charge in [-0.15, -0.1) is 0 Å². The molecule has 1 saturated carbocycles. The van der Waals surface area contributed by atoms with E-state index in [2.05, 4.69) is 17.4 Å². The van der Waals surface area contributed by atoms with Gasteiger partial charge in [-0.05, 0) is 37.6 Å². The van der Waals surface area contributed by atoms with Crippen LogP contribution in [-0.2, 0) is 10.2 Å². The Morgan fingerprint density at radius 2 is 1.75 bits per heavy atom. The molecule has 5 nitrogen and oxygen atoms in total. The van der Waals surface area contributed by atoms with Gasteiger partial charge in [0.1, 0.15) is 0 Å². The highest BCUT2D eigenvalue weighted by atomic mass is 16.2. The van der Waals surface area contributed by atoms with Crippen LogP contribution in [0.5, 0.6) is 0 Å². The minimum Gasteiger partial charge on any atom is -0.399 e. The number of likely N-dealkylation sites (N-methyl/N-ethyl adjacent to an activating group) is 1. The molecule has 0 atom stereocenters. The van der Waals surface area contributed by atoms with Gasteiger partial charge < -0.3 is 10.6 Å². The molecule has 1 aliphatic carbocycles. The quantitative estimate of drug-likeness (QED) is 0.792. The molecule has 1 aromatic carbocycles. The first-order chi connectivity index (χ1) is 9.60. The van der Waals surface area contributed by atoms with E-state index in [0.717, 1.165) is 50.3 Å². The number of anilines is 1. The van der Waals surface area contributed by atoms with Crippen LogP contribution >= 0.6 is 0 Å². The Balaban J connectivity index is 1.66. The molecule has 3 N–H and O–H groups in total. The monoisotopic (exact) mass is 274 g/mol. The summed E-state index contributed by atoms with van der Waals surface area (Å²) in [6.07, 6.45) is 1.85. The number of hydrogen-bond acceptors (Lipinski definition) is 4. The zero-order chi connectivity index (χ0) is 14.2. The van der Waals surface area contributed by atoms with Gasteiger partial charge in [0.05, 0.1) is 5.41 Å². The number of nitrogen functional groups attached to an aromatic ring is 1. The first kappa shape index (κ1) is 13.4. The Kier molecular flexibility index (Phi) is 3.40. The average Bonchev–Trinajstić information content (AvgIpc) is 3.24. The maximum absolute atomic E-state index is 12.6. The third-order valence-corrected chi connectivity index (χ3v) is 4.41. The van der Waals surface area contributed by atoms with Crippen molar-refractivity contribution in [2.24, 2.45) is 0 Å². The van der Waals surface area contributed by atoms with Crippen LogP contribution < -0.4 is 11.2 Å². The van der Waals surface area contributed by atoms with Crippen LogP contribution in [0.3, 0.4) is 0 Å². The maximum Gasteiger partial charge on any atom is 0.244 e. The van der Waals surface area contributed by atoms with Crippen molar-refractivity contribution in [2.75, 3.05) is 39.0 Å². The predicted molar refractivity (Wildman–Crippen MR) is 79.0 cm³/mol. The van der Waals surface area contributed by atoms with E-state index in [1.165, 1.54) is 0 Å². The molecule has 108 valence electrons. The van der Waals surface area contributed by atoms with Crippen LogP contribution in [0.1, 0.15) is 18.4 Å². The number of hydrogen-bond donors (Lipinski definition) is 2. The van der Waals surface area contributed by atoms with Crippen molar-refractivity contribution < 1.29 is 4.79 Å². The molecular weight excluding hydrogens is 252 g/mol. The number of carbonyl (C=O) groups is 1. The third-order valence-electron chi connectivity index (χ3n) is 4.41. The summed E-state index contributed by atoms with van der Waals surface area (Å²) in [6.45, 7) is 3.77. The highest BCUT2D eigenvalue weighted by Crippen LogP contribution is 2.48. The zero-order valence-electron chi connectivity index (χ0n) is 11.9. The van der Waals surface area contributed by atoms with Crippen molar-refractivity contribution in [1.29, 1.82) is 0 Å². The molecule has 0 aromatic heterocycles. The first-order valence-electron chi connectivity index (χ1n) is 7.21. The van der Waals surface area contributed by atoms with Crippen LogP contribution in [0, 0.1) is 0 Å². The lowest BCUT2D eigenvalue weighted by atomic mass is 9.95. The molecule has 2 aliphatic rings. The summed E-state index contributed by atoms with van der Waals surface area (Å²) in [5, 5.41) is 2.04. The number of piperazine rings is 1. The minimum atomic E-state index is -0.322. The van der Waals surface area contributed by atoms with Gasteiger partial charge in [-0.1, -0.05) is 12.1 Å². The molecule has 20 heavy (non-hydrogen) atoms. The molecule has 1 saturated heterocycles. The van der Waals surface area contributed by atoms with E-state index >= 15 is 0 Å². The lowest BCUT2D eigenvalue weighted by molar-refractivity contribution is -0.129. The van der Waals surface area contributed by atoms with Gasteiger partial charge in [0.15, 0.2) is 0 Å². The Labute approximate surface area is 119 Å². The molecule has 0 unspecified atom stereocenters. The molecular formula is C15H22N4O. The molecule has 2 fully saturated rings. The van der Waals surface area contributed by atoms with Crippen LogP contribution in [0.25, 0.3) is 0 Å². The number of benzene rings is 1. The highest BCUT2D eigenvalue weighted by molar-refractivity contribution is 5.91. The standard InChI is InChI=1S/C15H22N4O/c1-18-8-10-19(11-9-18)17-14(20)15(6-7-15)12-2-4-13(16)5-3-12/h2-5H,6-11,16H2,1H3,(H,17,20). The summed E-state index contributed by atoms with van der Waals surface area (Å²) < 4.78 is 0. The number of amides is 1. The summed E-state index contributed by atoms with van der Waals surface area (Å²) in [7, 11) is 2.11. The van der Waals surface area contributed by atoms with Crippen molar-refractivity contribution in [3.05, 3.63) is 29.8 Å². The van der Waals surface area contributed by atoms with Gasteiger partial charge in [0.2, 0.25) is 5.91 Å².